The number of nitrogens with zero attached hydrogens (tertiary/aromatic N) is 2. The van der Waals surface area contributed by atoms with Gasteiger partial charge < -0.3 is 15.2 Å². The molecule has 1 aliphatic rings. The number of hydrogen-bond acceptors (Lipinski definition) is 9. The van der Waals surface area contributed by atoms with E-state index in [0.29, 0.717) is 10.0 Å². The lowest BCUT2D eigenvalue weighted by atomic mass is 9.81. The van der Waals surface area contributed by atoms with E-state index in [1.807, 2.05) is 6.07 Å². The molecule has 2 aromatic carbocycles. The van der Waals surface area contributed by atoms with E-state index in [1.54, 1.807) is 30.3 Å². The third-order valence-electron chi connectivity index (χ3n) is 5.51. The lowest BCUT2D eigenvalue weighted by Crippen LogP contribution is -2.41. The molecule has 0 radical (unpaired) electrons. The van der Waals surface area contributed by atoms with Crippen LogP contribution in [0.2, 0.25) is 0 Å². The SMILES string of the molecule is CCS(=O)(=O)c1ccc(Br)c(N2C(N)=C(C#N)C(c3ccccc3)C(C(=O)OC)=C2C(=O)OC)c1. The van der Waals surface area contributed by atoms with E-state index in [0.717, 1.165) is 19.1 Å². The standard InChI is InChI=1S/C24H22BrN3O6S/c1-4-35(31,32)15-10-11-17(25)18(12-15)28-21(24(30)34-3)20(23(29)33-2)19(16(13-26)22(28)27)14-8-6-5-7-9-14/h5-12,19H,4,27H2,1-3H3. The number of carbonyl (C=O) groups excluding carboxylic acids is 2. The first-order chi connectivity index (χ1) is 16.6. The van der Waals surface area contributed by atoms with Crippen LogP contribution >= 0.6 is 15.9 Å². The highest BCUT2D eigenvalue weighted by Gasteiger charge is 2.43. The maximum Gasteiger partial charge on any atom is 0.355 e. The van der Waals surface area contributed by atoms with Gasteiger partial charge in [0.2, 0.25) is 0 Å². The molecule has 35 heavy (non-hydrogen) atoms. The van der Waals surface area contributed by atoms with Gasteiger partial charge in [-0.05, 0) is 39.7 Å². The average molecular weight is 560 g/mol. The fourth-order valence-electron chi connectivity index (χ4n) is 3.79. The third kappa shape index (κ3) is 4.67. The lowest BCUT2D eigenvalue weighted by Gasteiger charge is -2.36. The van der Waals surface area contributed by atoms with Crippen molar-refractivity contribution in [2.24, 2.45) is 5.73 Å². The second-order valence-corrected chi connectivity index (χ2v) is 10.5. The first kappa shape index (κ1) is 26.0. The molecule has 3 rings (SSSR count). The van der Waals surface area contributed by atoms with Gasteiger partial charge >= 0.3 is 11.9 Å². The molecule has 0 saturated heterocycles. The number of anilines is 1. The van der Waals surface area contributed by atoms with Crippen LogP contribution in [-0.2, 0) is 28.9 Å². The van der Waals surface area contributed by atoms with Crippen molar-refractivity contribution in [3.05, 3.63) is 81.2 Å². The van der Waals surface area contributed by atoms with Gasteiger partial charge in [0.25, 0.3) is 0 Å². The molecule has 0 spiro atoms. The smallest absolute Gasteiger partial charge is 0.355 e. The highest BCUT2D eigenvalue weighted by Crippen LogP contribution is 2.45. The van der Waals surface area contributed by atoms with Gasteiger partial charge in [-0.25, -0.2) is 18.0 Å². The Balaban J connectivity index is 2.47. The summed E-state index contributed by atoms with van der Waals surface area (Å²) in [5.74, 6) is -3.16. The first-order valence-electron chi connectivity index (χ1n) is 10.3. The summed E-state index contributed by atoms with van der Waals surface area (Å²) in [6, 6.07) is 14.8. The van der Waals surface area contributed by atoms with E-state index in [4.69, 9.17) is 15.2 Å². The topological polar surface area (TPSA) is 140 Å². The molecule has 2 aromatic rings. The molecule has 0 aliphatic carbocycles. The molecule has 0 fully saturated rings. The molecule has 11 heteroatoms. The van der Waals surface area contributed by atoms with Gasteiger partial charge in [0, 0.05) is 4.47 Å². The van der Waals surface area contributed by atoms with Crippen molar-refractivity contribution >= 4 is 43.4 Å². The minimum atomic E-state index is -3.64. The summed E-state index contributed by atoms with van der Waals surface area (Å²) < 4.78 is 35.5. The predicted molar refractivity (Wildman–Crippen MR) is 131 cm³/mol. The quantitative estimate of drug-likeness (QED) is 0.528. The monoisotopic (exact) mass is 559 g/mol. The van der Waals surface area contributed by atoms with Crippen LogP contribution in [0.4, 0.5) is 5.69 Å². The number of carbonyl (C=O) groups is 2. The van der Waals surface area contributed by atoms with Gasteiger partial charge in [0.05, 0.1) is 53.7 Å². The van der Waals surface area contributed by atoms with Crippen LogP contribution in [0.25, 0.3) is 0 Å². The Hall–Kier alpha value is -3.62. The molecule has 182 valence electrons. The number of sulfone groups is 1. The van der Waals surface area contributed by atoms with Crippen molar-refractivity contribution in [2.75, 3.05) is 24.9 Å². The normalized spacial score (nSPS) is 16.1. The van der Waals surface area contributed by atoms with Gasteiger partial charge in [-0.15, -0.1) is 0 Å². The molecule has 9 nitrogen and oxygen atoms in total. The maximum absolute atomic E-state index is 13.1. The Morgan fingerprint density at radius 3 is 2.29 bits per heavy atom. The molecular weight excluding hydrogens is 538 g/mol. The fourth-order valence-corrected chi connectivity index (χ4v) is 5.11. The predicted octanol–water partition coefficient (Wildman–Crippen LogP) is 3.14. The van der Waals surface area contributed by atoms with Gasteiger partial charge in [-0.3, -0.25) is 4.90 Å². The van der Waals surface area contributed by atoms with Crippen molar-refractivity contribution in [1.82, 2.24) is 0 Å². The van der Waals surface area contributed by atoms with Crippen LogP contribution in [0.15, 0.2) is 80.6 Å². The highest BCUT2D eigenvalue weighted by molar-refractivity contribution is 9.10. The number of benzene rings is 2. The number of hydrogen-bond donors (Lipinski definition) is 1. The van der Waals surface area contributed by atoms with E-state index in [9.17, 15) is 23.3 Å². The summed E-state index contributed by atoms with van der Waals surface area (Å²) in [5, 5.41) is 10.1. The minimum absolute atomic E-state index is 0.0279. The zero-order valence-corrected chi connectivity index (χ0v) is 21.5. The molecule has 1 atom stereocenters. The minimum Gasteiger partial charge on any atom is -0.466 e. The number of rotatable bonds is 6. The fraction of sp³-hybridized carbons (Fsp3) is 0.208. The number of nitriles is 1. The lowest BCUT2D eigenvalue weighted by molar-refractivity contribution is -0.139. The Morgan fingerprint density at radius 1 is 1.11 bits per heavy atom. The zero-order chi connectivity index (χ0) is 25.9. The van der Waals surface area contributed by atoms with Crippen LogP contribution in [0.3, 0.4) is 0 Å². The van der Waals surface area contributed by atoms with Gasteiger partial charge in [0.15, 0.2) is 9.84 Å². The third-order valence-corrected chi connectivity index (χ3v) is 7.91. The number of halogens is 1. The van der Waals surface area contributed by atoms with E-state index >= 15 is 0 Å². The van der Waals surface area contributed by atoms with Crippen LogP contribution in [0.1, 0.15) is 18.4 Å². The van der Waals surface area contributed by atoms with Crippen molar-refractivity contribution < 1.29 is 27.5 Å². The van der Waals surface area contributed by atoms with Gasteiger partial charge in [-0.2, -0.15) is 5.26 Å². The highest BCUT2D eigenvalue weighted by atomic mass is 79.9. The molecular formula is C24H22BrN3O6S. The maximum atomic E-state index is 13.1. The number of ether oxygens (including phenoxy) is 2. The Labute approximate surface area is 211 Å². The zero-order valence-electron chi connectivity index (χ0n) is 19.1. The summed E-state index contributed by atoms with van der Waals surface area (Å²) in [4.78, 5) is 27.3. The van der Waals surface area contributed by atoms with Crippen molar-refractivity contribution in [3.8, 4) is 6.07 Å². The number of esters is 2. The van der Waals surface area contributed by atoms with Crippen LogP contribution in [0, 0.1) is 11.3 Å². The van der Waals surface area contributed by atoms with E-state index < -0.39 is 27.7 Å². The van der Waals surface area contributed by atoms with Gasteiger partial charge in [-0.1, -0.05) is 37.3 Å². The molecule has 0 saturated carbocycles. The van der Waals surface area contributed by atoms with E-state index in [-0.39, 0.29) is 39.0 Å². The first-order valence-corrected chi connectivity index (χ1v) is 12.7. The molecule has 1 heterocycles. The van der Waals surface area contributed by atoms with E-state index in [2.05, 4.69) is 15.9 Å². The molecule has 0 bridgehead atoms. The summed E-state index contributed by atoms with van der Waals surface area (Å²) >= 11 is 3.37. The van der Waals surface area contributed by atoms with Crippen molar-refractivity contribution in [3.63, 3.8) is 0 Å². The Kier molecular flexibility index (Phi) is 7.67. The van der Waals surface area contributed by atoms with Gasteiger partial charge in [0.1, 0.15) is 11.5 Å². The Morgan fingerprint density at radius 2 is 1.74 bits per heavy atom. The molecule has 1 unspecified atom stereocenters. The summed E-state index contributed by atoms with van der Waals surface area (Å²) in [6.07, 6.45) is 0. The van der Waals surface area contributed by atoms with Crippen LogP contribution < -0.4 is 10.6 Å². The summed E-state index contributed by atoms with van der Waals surface area (Å²) in [6.45, 7) is 1.50. The molecule has 0 aromatic heterocycles. The number of allylic oxidation sites excluding steroid dienone is 1. The molecule has 2 N–H and O–H groups in total. The number of nitrogens with two attached hydrogens (primary N) is 1. The molecule has 0 amide bonds. The Bertz CT molecular complexity index is 1390. The van der Waals surface area contributed by atoms with Crippen molar-refractivity contribution in [1.29, 1.82) is 5.26 Å². The second-order valence-electron chi connectivity index (χ2n) is 7.35. The number of methoxy groups -OCH3 is 2. The average Bonchev–Trinajstić information content (AvgIpc) is 2.87. The largest absolute Gasteiger partial charge is 0.466 e. The second kappa shape index (κ2) is 10.3. The molecule has 1 aliphatic heterocycles. The van der Waals surface area contributed by atoms with E-state index in [1.165, 1.54) is 25.1 Å². The van der Waals surface area contributed by atoms with Crippen molar-refractivity contribution in [2.45, 2.75) is 17.7 Å². The summed E-state index contributed by atoms with van der Waals surface area (Å²) in [7, 11) is -1.36. The van der Waals surface area contributed by atoms with Crippen LogP contribution in [0.5, 0.6) is 0 Å². The van der Waals surface area contributed by atoms with Crippen LogP contribution in [-0.4, -0.2) is 40.3 Å². The summed E-state index contributed by atoms with van der Waals surface area (Å²) in [5.41, 5.74) is 6.61.